The van der Waals surface area contributed by atoms with E-state index in [0.29, 0.717) is 0 Å². The molecule has 1 atom stereocenters. The van der Waals surface area contributed by atoms with Gasteiger partial charge in [-0.15, -0.1) is 0 Å². The molecule has 0 aliphatic rings. The third-order valence-corrected chi connectivity index (χ3v) is 6.43. The van der Waals surface area contributed by atoms with Crippen molar-refractivity contribution in [3.05, 3.63) is 24.2 Å². The summed E-state index contributed by atoms with van der Waals surface area (Å²) in [5.41, 5.74) is 0. The van der Waals surface area contributed by atoms with Gasteiger partial charge in [0, 0.05) is 7.05 Å². The third kappa shape index (κ3) is 3.93. The fourth-order valence-electron chi connectivity index (χ4n) is 1.69. The molecule has 9 heteroatoms. The van der Waals surface area contributed by atoms with E-state index < -0.39 is 23.4 Å². The Kier molecular flexibility index (Phi) is 5.97. The molecule has 0 bridgehead atoms. The quantitative estimate of drug-likeness (QED) is 0.682. The highest BCUT2D eigenvalue weighted by molar-refractivity contribution is 7.88. The zero-order valence-electron chi connectivity index (χ0n) is 12.0. The molecule has 0 radical (unpaired) electrons. The highest BCUT2D eigenvalue weighted by Gasteiger charge is 2.44. The van der Waals surface area contributed by atoms with Crippen molar-refractivity contribution in [2.45, 2.75) is 19.6 Å². The van der Waals surface area contributed by atoms with Crippen molar-refractivity contribution in [1.82, 2.24) is 4.31 Å². The van der Waals surface area contributed by atoms with Gasteiger partial charge in [-0.3, -0.25) is 4.57 Å². The number of hydrogen-bond acceptors (Lipinski definition) is 6. The van der Waals surface area contributed by atoms with E-state index in [1.165, 1.54) is 19.4 Å². The molecule has 1 heterocycles. The third-order valence-electron chi connectivity index (χ3n) is 2.58. The van der Waals surface area contributed by atoms with Crippen molar-refractivity contribution in [2.75, 3.05) is 26.5 Å². The van der Waals surface area contributed by atoms with Crippen LogP contribution in [0.1, 0.15) is 25.4 Å². The zero-order chi connectivity index (χ0) is 15.4. The Hall–Kier alpha value is -0.660. The molecule has 0 aliphatic carbocycles. The van der Waals surface area contributed by atoms with Crippen LogP contribution in [0.3, 0.4) is 0 Å². The molecule has 0 spiro atoms. The summed E-state index contributed by atoms with van der Waals surface area (Å²) in [6.45, 7) is 3.58. The van der Waals surface area contributed by atoms with Crippen LogP contribution in [0.15, 0.2) is 22.8 Å². The van der Waals surface area contributed by atoms with Crippen LogP contribution in [-0.2, 0) is 23.6 Å². The van der Waals surface area contributed by atoms with Crippen LogP contribution in [0.25, 0.3) is 0 Å². The van der Waals surface area contributed by atoms with Gasteiger partial charge in [-0.1, -0.05) is 0 Å². The van der Waals surface area contributed by atoms with Crippen molar-refractivity contribution >= 4 is 17.6 Å². The fraction of sp³-hybridized carbons (Fsp3) is 0.636. The fourth-order valence-corrected chi connectivity index (χ4v) is 4.95. The van der Waals surface area contributed by atoms with Crippen molar-refractivity contribution in [3.63, 3.8) is 0 Å². The van der Waals surface area contributed by atoms with E-state index in [0.717, 1.165) is 10.6 Å². The number of hydrogen-bond donors (Lipinski definition) is 0. The van der Waals surface area contributed by atoms with Gasteiger partial charge in [-0.25, -0.2) is 8.42 Å². The van der Waals surface area contributed by atoms with Gasteiger partial charge in [0.25, 0.3) is 0 Å². The SMILES string of the molecule is CCOP(=O)(OCC)[C@@H](c1ccco1)N(C)S(C)(=O)=O. The smallest absolute Gasteiger partial charge is 0.356 e. The second-order valence-electron chi connectivity index (χ2n) is 4.04. The molecule has 1 aromatic rings. The molecule has 0 unspecified atom stereocenters. The van der Waals surface area contributed by atoms with Crippen LogP contribution in [0.5, 0.6) is 0 Å². The van der Waals surface area contributed by atoms with Crippen LogP contribution in [0.2, 0.25) is 0 Å². The first kappa shape index (κ1) is 17.4. The molecule has 1 aromatic heterocycles. The first-order valence-electron chi connectivity index (χ1n) is 6.11. The number of nitrogens with zero attached hydrogens (tertiary/aromatic N) is 1. The summed E-state index contributed by atoms with van der Waals surface area (Å²) in [5.74, 6) is -0.935. The van der Waals surface area contributed by atoms with Crippen molar-refractivity contribution < 1.29 is 26.4 Å². The second kappa shape index (κ2) is 6.87. The van der Waals surface area contributed by atoms with Crippen molar-refractivity contribution in [1.29, 1.82) is 0 Å². The summed E-state index contributed by atoms with van der Waals surface area (Å²) in [6, 6.07) is 3.12. The Morgan fingerprint density at radius 2 is 1.90 bits per heavy atom. The summed E-state index contributed by atoms with van der Waals surface area (Å²) in [5, 5.41) is 0. The van der Waals surface area contributed by atoms with E-state index in [9.17, 15) is 13.0 Å². The minimum Gasteiger partial charge on any atom is -0.467 e. The Bertz CT molecular complexity index is 545. The lowest BCUT2D eigenvalue weighted by molar-refractivity contribution is 0.192. The van der Waals surface area contributed by atoms with Crippen LogP contribution >= 0.6 is 7.60 Å². The van der Waals surface area contributed by atoms with Gasteiger partial charge in [-0.05, 0) is 26.0 Å². The predicted octanol–water partition coefficient (Wildman–Crippen LogP) is 2.44. The molecule has 0 N–H and O–H groups in total. The van der Waals surface area contributed by atoms with E-state index in [1.54, 1.807) is 19.9 Å². The number of sulfonamides is 1. The summed E-state index contributed by atoms with van der Waals surface area (Å²) in [7, 11) is -6.01. The highest BCUT2D eigenvalue weighted by atomic mass is 32.2. The van der Waals surface area contributed by atoms with Crippen LogP contribution in [0, 0.1) is 0 Å². The summed E-state index contributed by atoms with van der Waals surface area (Å²) < 4.78 is 53.1. The van der Waals surface area contributed by atoms with E-state index in [2.05, 4.69) is 0 Å². The summed E-state index contributed by atoms with van der Waals surface area (Å²) in [4.78, 5) is 0. The molecular weight excluding hydrogens is 305 g/mol. The van der Waals surface area contributed by atoms with E-state index in [1.807, 2.05) is 0 Å². The molecular formula is C11H20NO6PS. The average Bonchev–Trinajstić information content (AvgIpc) is 2.81. The predicted molar refractivity (Wildman–Crippen MR) is 74.9 cm³/mol. The monoisotopic (exact) mass is 325 g/mol. The van der Waals surface area contributed by atoms with Gasteiger partial charge >= 0.3 is 7.60 Å². The van der Waals surface area contributed by atoms with Gasteiger partial charge in [0.05, 0.1) is 25.7 Å². The minimum atomic E-state index is -3.72. The lowest BCUT2D eigenvalue weighted by Crippen LogP contribution is -2.31. The van der Waals surface area contributed by atoms with Crippen molar-refractivity contribution in [3.8, 4) is 0 Å². The number of furan rings is 1. The van der Waals surface area contributed by atoms with Gasteiger partial charge in [0.1, 0.15) is 5.76 Å². The van der Waals surface area contributed by atoms with Crippen LogP contribution in [0.4, 0.5) is 0 Å². The van der Waals surface area contributed by atoms with Gasteiger partial charge in [0.2, 0.25) is 10.0 Å². The summed E-state index contributed by atoms with van der Waals surface area (Å²) in [6.07, 6.45) is 2.39. The van der Waals surface area contributed by atoms with Crippen LogP contribution < -0.4 is 0 Å². The maximum absolute atomic E-state index is 12.9. The highest BCUT2D eigenvalue weighted by Crippen LogP contribution is 2.62. The molecule has 1 rings (SSSR count). The van der Waals surface area contributed by atoms with Gasteiger partial charge in [0.15, 0.2) is 5.78 Å². The normalized spacial score (nSPS) is 14.7. The van der Waals surface area contributed by atoms with Crippen molar-refractivity contribution in [2.24, 2.45) is 0 Å². The molecule has 0 saturated heterocycles. The Morgan fingerprint density at radius 1 is 1.35 bits per heavy atom. The lowest BCUT2D eigenvalue weighted by Gasteiger charge is -2.30. The molecule has 0 aliphatic heterocycles. The molecule has 0 saturated carbocycles. The first-order valence-corrected chi connectivity index (χ1v) is 9.57. The molecule has 0 fully saturated rings. The van der Waals surface area contributed by atoms with Crippen LogP contribution in [-0.4, -0.2) is 39.2 Å². The maximum atomic E-state index is 12.9. The van der Waals surface area contributed by atoms with E-state index >= 15 is 0 Å². The lowest BCUT2D eigenvalue weighted by atomic mass is 10.4. The second-order valence-corrected chi connectivity index (χ2v) is 8.17. The standard InChI is InChI=1S/C11H20NO6PS/c1-5-17-19(13,18-6-2)11(10-8-7-9-16-10)12(3)20(4,14)15/h7-9,11H,5-6H2,1-4H3/t11-/m0/s1. The largest absolute Gasteiger partial charge is 0.467 e. The topological polar surface area (TPSA) is 86.1 Å². The van der Waals surface area contributed by atoms with Gasteiger partial charge < -0.3 is 13.5 Å². The minimum absolute atomic E-state index is 0.131. The maximum Gasteiger partial charge on any atom is 0.356 e. The number of rotatable bonds is 8. The Balaban J connectivity index is 3.33. The summed E-state index contributed by atoms with van der Waals surface area (Å²) >= 11 is 0. The Morgan fingerprint density at radius 3 is 2.25 bits per heavy atom. The first-order chi connectivity index (χ1) is 9.26. The molecule has 0 amide bonds. The molecule has 0 aromatic carbocycles. The van der Waals surface area contributed by atoms with E-state index in [4.69, 9.17) is 13.5 Å². The zero-order valence-corrected chi connectivity index (χ0v) is 13.7. The molecule has 20 heavy (non-hydrogen) atoms. The molecule has 116 valence electrons. The average molecular weight is 325 g/mol. The Labute approximate surface area is 119 Å². The van der Waals surface area contributed by atoms with E-state index in [-0.39, 0.29) is 19.0 Å². The molecule has 7 nitrogen and oxygen atoms in total. The van der Waals surface area contributed by atoms with Gasteiger partial charge in [-0.2, -0.15) is 4.31 Å².